The zero-order chi connectivity index (χ0) is 23.4. The Hall–Kier alpha value is -3.66. The number of ether oxygens (including phenoxy) is 1. The lowest BCUT2D eigenvalue weighted by atomic mass is 10.0. The Morgan fingerprint density at radius 3 is 2.73 bits per heavy atom. The molecule has 0 aliphatic carbocycles. The van der Waals surface area contributed by atoms with Crippen LogP contribution in [0, 0.1) is 6.92 Å². The minimum absolute atomic E-state index is 0.00714. The van der Waals surface area contributed by atoms with Crippen LogP contribution in [-0.2, 0) is 9.53 Å². The first-order valence-corrected chi connectivity index (χ1v) is 11.4. The fourth-order valence-electron chi connectivity index (χ4n) is 3.37. The molecule has 1 unspecified atom stereocenters. The molecule has 0 radical (unpaired) electrons. The number of furan rings is 1. The van der Waals surface area contributed by atoms with Crippen molar-refractivity contribution < 1.29 is 18.7 Å². The fourth-order valence-corrected chi connectivity index (χ4v) is 4.04. The molecule has 9 nitrogen and oxygen atoms in total. The molecule has 1 amide bonds. The van der Waals surface area contributed by atoms with Crippen molar-refractivity contribution in [3.63, 3.8) is 0 Å². The van der Waals surface area contributed by atoms with Crippen molar-refractivity contribution in [2.45, 2.75) is 31.5 Å². The number of nitrogens with two attached hydrogens (primary N) is 1. The number of nitrogens with zero attached hydrogens (tertiary/aromatic N) is 4. The number of carbonyl (C=O) groups is 2. The number of anilines is 1. The molecule has 0 bridgehead atoms. The molecule has 0 fully saturated rings. The van der Waals surface area contributed by atoms with Crippen LogP contribution in [0.3, 0.4) is 0 Å². The SMILES string of the molecule is CCOC(=O)c1cnc(SCC(=O)N2N=C(c3ccc(C)cc3)CC2c2ccco2)nc1N. The molecule has 1 aliphatic rings. The van der Waals surface area contributed by atoms with E-state index in [1.54, 1.807) is 19.3 Å². The van der Waals surface area contributed by atoms with Gasteiger partial charge in [0, 0.05) is 12.6 Å². The van der Waals surface area contributed by atoms with Crippen LogP contribution in [0.15, 0.2) is 63.5 Å². The van der Waals surface area contributed by atoms with Gasteiger partial charge < -0.3 is 14.9 Å². The van der Waals surface area contributed by atoms with Crippen LogP contribution in [0.4, 0.5) is 5.82 Å². The van der Waals surface area contributed by atoms with E-state index in [2.05, 4.69) is 15.1 Å². The summed E-state index contributed by atoms with van der Waals surface area (Å²) in [5, 5.41) is 6.35. The largest absolute Gasteiger partial charge is 0.467 e. The van der Waals surface area contributed by atoms with Crippen molar-refractivity contribution in [1.29, 1.82) is 0 Å². The number of hydrazone groups is 1. The quantitative estimate of drug-likeness (QED) is 0.319. The number of aryl methyl sites for hydroxylation is 1. The summed E-state index contributed by atoms with van der Waals surface area (Å²) in [7, 11) is 0. The number of hydrogen-bond acceptors (Lipinski definition) is 9. The fraction of sp³-hybridized carbons (Fsp3) is 0.261. The second kappa shape index (κ2) is 9.86. The van der Waals surface area contributed by atoms with Gasteiger partial charge in [0.05, 0.1) is 24.3 Å². The van der Waals surface area contributed by atoms with Crippen molar-refractivity contribution in [1.82, 2.24) is 15.0 Å². The van der Waals surface area contributed by atoms with E-state index in [0.29, 0.717) is 12.2 Å². The first kappa shape index (κ1) is 22.5. The number of amides is 1. The highest BCUT2D eigenvalue weighted by molar-refractivity contribution is 7.99. The van der Waals surface area contributed by atoms with E-state index in [1.165, 1.54) is 11.2 Å². The topological polar surface area (TPSA) is 124 Å². The summed E-state index contributed by atoms with van der Waals surface area (Å²) in [6, 6.07) is 11.3. The highest BCUT2D eigenvalue weighted by atomic mass is 32.2. The molecular weight excluding hydrogens is 442 g/mol. The smallest absolute Gasteiger partial charge is 0.343 e. The Kier molecular flexibility index (Phi) is 6.74. The van der Waals surface area contributed by atoms with Gasteiger partial charge >= 0.3 is 5.97 Å². The summed E-state index contributed by atoms with van der Waals surface area (Å²) in [4.78, 5) is 33.2. The molecule has 1 atom stereocenters. The van der Waals surface area contributed by atoms with Gasteiger partial charge in [0.2, 0.25) is 0 Å². The molecule has 1 aromatic carbocycles. The highest BCUT2D eigenvalue weighted by Gasteiger charge is 2.34. The summed E-state index contributed by atoms with van der Waals surface area (Å²) in [6.07, 6.45) is 3.44. The van der Waals surface area contributed by atoms with E-state index in [0.717, 1.165) is 28.6 Å². The summed E-state index contributed by atoms with van der Waals surface area (Å²) in [5.74, 6) is -0.0922. The number of esters is 1. The van der Waals surface area contributed by atoms with Crippen LogP contribution >= 0.6 is 11.8 Å². The highest BCUT2D eigenvalue weighted by Crippen LogP contribution is 2.34. The average Bonchev–Trinajstić information content (AvgIpc) is 3.48. The van der Waals surface area contributed by atoms with E-state index in [-0.39, 0.29) is 40.8 Å². The number of rotatable bonds is 7. The molecular formula is C23H23N5O4S. The zero-order valence-electron chi connectivity index (χ0n) is 18.2. The zero-order valence-corrected chi connectivity index (χ0v) is 19.0. The molecule has 3 aromatic rings. The van der Waals surface area contributed by atoms with E-state index in [9.17, 15) is 9.59 Å². The van der Waals surface area contributed by atoms with Gasteiger partial charge in [-0.15, -0.1) is 0 Å². The van der Waals surface area contributed by atoms with Gasteiger partial charge in [-0.1, -0.05) is 41.6 Å². The van der Waals surface area contributed by atoms with Gasteiger partial charge in [0.1, 0.15) is 23.2 Å². The van der Waals surface area contributed by atoms with Crippen LogP contribution in [0.2, 0.25) is 0 Å². The summed E-state index contributed by atoms with van der Waals surface area (Å²) < 4.78 is 10.5. The Morgan fingerprint density at radius 1 is 1.27 bits per heavy atom. The second-order valence-corrected chi connectivity index (χ2v) is 8.29. The van der Waals surface area contributed by atoms with Crippen molar-refractivity contribution in [3.05, 3.63) is 71.3 Å². The van der Waals surface area contributed by atoms with Gasteiger partial charge in [-0.25, -0.2) is 19.8 Å². The molecule has 2 N–H and O–H groups in total. The van der Waals surface area contributed by atoms with Gasteiger partial charge in [-0.05, 0) is 31.5 Å². The maximum absolute atomic E-state index is 13.1. The van der Waals surface area contributed by atoms with Crippen LogP contribution in [0.5, 0.6) is 0 Å². The van der Waals surface area contributed by atoms with Crippen LogP contribution < -0.4 is 5.73 Å². The maximum Gasteiger partial charge on any atom is 0.343 e. The number of hydrogen-bond donors (Lipinski definition) is 1. The third-order valence-electron chi connectivity index (χ3n) is 5.04. The molecule has 10 heteroatoms. The Labute approximate surface area is 195 Å². The van der Waals surface area contributed by atoms with Crippen molar-refractivity contribution >= 4 is 35.2 Å². The predicted octanol–water partition coefficient (Wildman–Crippen LogP) is 3.61. The first-order chi connectivity index (χ1) is 16.0. The summed E-state index contributed by atoms with van der Waals surface area (Å²) in [5.41, 5.74) is 8.89. The van der Waals surface area contributed by atoms with E-state index < -0.39 is 5.97 Å². The van der Waals surface area contributed by atoms with Crippen LogP contribution in [0.1, 0.15) is 46.6 Å². The first-order valence-electron chi connectivity index (χ1n) is 10.4. The van der Waals surface area contributed by atoms with Crippen LogP contribution in [-0.4, -0.2) is 44.9 Å². The van der Waals surface area contributed by atoms with Gasteiger partial charge in [-0.3, -0.25) is 4.79 Å². The van der Waals surface area contributed by atoms with E-state index >= 15 is 0 Å². The number of aromatic nitrogens is 2. The van der Waals surface area contributed by atoms with Gasteiger partial charge in [0.15, 0.2) is 5.16 Å². The van der Waals surface area contributed by atoms with E-state index in [4.69, 9.17) is 14.9 Å². The monoisotopic (exact) mass is 465 g/mol. The summed E-state index contributed by atoms with van der Waals surface area (Å²) >= 11 is 1.12. The molecule has 170 valence electrons. The van der Waals surface area contributed by atoms with Crippen LogP contribution in [0.25, 0.3) is 0 Å². The molecule has 2 aromatic heterocycles. The number of nitrogen functional groups attached to an aromatic ring is 1. The Bertz CT molecular complexity index is 1180. The lowest BCUT2D eigenvalue weighted by molar-refractivity contribution is -0.130. The van der Waals surface area contributed by atoms with Gasteiger partial charge in [0.25, 0.3) is 5.91 Å². The standard InChI is InChI=1S/C23H23N5O4S/c1-3-31-22(30)16-12-25-23(26-21(16)24)33-13-20(29)28-18(19-5-4-10-32-19)11-17(27-28)15-8-6-14(2)7-9-15/h4-10,12,18H,3,11,13H2,1-2H3,(H2,24,25,26). The third kappa shape index (κ3) is 5.06. The molecule has 0 saturated carbocycles. The van der Waals surface area contributed by atoms with Crippen molar-refractivity contribution in [2.75, 3.05) is 18.1 Å². The third-order valence-corrected chi connectivity index (χ3v) is 5.88. The Balaban J connectivity index is 1.49. The molecule has 3 heterocycles. The van der Waals surface area contributed by atoms with Crippen molar-refractivity contribution in [3.8, 4) is 0 Å². The lowest BCUT2D eigenvalue weighted by Crippen LogP contribution is -2.28. The molecule has 33 heavy (non-hydrogen) atoms. The molecule has 4 rings (SSSR count). The molecule has 0 spiro atoms. The second-order valence-electron chi connectivity index (χ2n) is 7.35. The van der Waals surface area contributed by atoms with Gasteiger partial charge in [-0.2, -0.15) is 5.10 Å². The van der Waals surface area contributed by atoms with E-state index in [1.807, 2.05) is 37.3 Å². The molecule has 1 aliphatic heterocycles. The maximum atomic E-state index is 13.1. The Morgan fingerprint density at radius 2 is 2.06 bits per heavy atom. The lowest BCUT2D eigenvalue weighted by Gasteiger charge is -2.19. The average molecular weight is 466 g/mol. The minimum Gasteiger partial charge on any atom is -0.467 e. The summed E-state index contributed by atoms with van der Waals surface area (Å²) in [6.45, 7) is 3.94. The number of thioether (sulfide) groups is 1. The normalized spacial score (nSPS) is 15.4. The van der Waals surface area contributed by atoms with Crippen molar-refractivity contribution in [2.24, 2.45) is 5.10 Å². The molecule has 0 saturated heterocycles. The predicted molar refractivity (Wildman–Crippen MR) is 124 cm³/mol. The number of benzene rings is 1. The number of carbonyl (C=O) groups excluding carboxylic acids is 2. The minimum atomic E-state index is -0.584.